The van der Waals surface area contributed by atoms with E-state index < -0.39 is 0 Å². The molecule has 0 aromatic carbocycles. The standard InChI is InChI=1S/C13H22/c1-10(2)9-11-7-6-8-12(11)13(3,4)5/h6-8,10-11H,9H2,1-5H3. The SMILES string of the molecule is CC(C)CC1C=CC=C1C(C)(C)C. The van der Waals surface area contributed by atoms with E-state index in [1.165, 1.54) is 6.42 Å². The van der Waals surface area contributed by atoms with Gasteiger partial charge in [-0.25, -0.2) is 0 Å². The van der Waals surface area contributed by atoms with Crippen molar-refractivity contribution in [3.05, 3.63) is 23.8 Å². The zero-order valence-corrected chi connectivity index (χ0v) is 9.59. The summed E-state index contributed by atoms with van der Waals surface area (Å²) < 4.78 is 0. The average Bonchev–Trinajstić information content (AvgIpc) is 2.31. The molecule has 0 fully saturated rings. The molecule has 0 heterocycles. The maximum absolute atomic E-state index is 2.35. The Labute approximate surface area is 82.7 Å². The first-order valence-corrected chi connectivity index (χ1v) is 5.30. The van der Waals surface area contributed by atoms with Crippen molar-refractivity contribution in [3.8, 4) is 0 Å². The van der Waals surface area contributed by atoms with Gasteiger partial charge in [-0.05, 0) is 23.7 Å². The van der Waals surface area contributed by atoms with E-state index in [1.54, 1.807) is 5.57 Å². The molecule has 1 aliphatic rings. The Hall–Kier alpha value is -0.520. The lowest BCUT2D eigenvalue weighted by atomic mass is 9.78. The number of allylic oxidation sites excluding steroid dienone is 4. The van der Waals surface area contributed by atoms with Gasteiger partial charge in [0.15, 0.2) is 0 Å². The zero-order valence-electron chi connectivity index (χ0n) is 9.59. The quantitative estimate of drug-likeness (QED) is 0.594. The van der Waals surface area contributed by atoms with Gasteiger partial charge in [0.1, 0.15) is 0 Å². The molecular formula is C13H22. The fourth-order valence-corrected chi connectivity index (χ4v) is 2.04. The second kappa shape index (κ2) is 3.69. The van der Waals surface area contributed by atoms with E-state index in [4.69, 9.17) is 0 Å². The Morgan fingerprint density at radius 1 is 1.31 bits per heavy atom. The Kier molecular flexibility index (Phi) is 3.00. The van der Waals surface area contributed by atoms with Gasteiger partial charge in [-0.2, -0.15) is 0 Å². The van der Waals surface area contributed by atoms with Crippen LogP contribution in [0, 0.1) is 17.3 Å². The molecule has 74 valence electrons. The van der Waals surface area contributed by atoms with E-state index >= 15 is 0 Å². The molecule has 0 aromatic heterocycles. The average molecular weight is 178 g/mol. The molecule has 0 radical (unpaired) electrons. The molecular weight excluding hydrogens is 156 g/mol. The molecule has 0 saturated carbocycles. The molecule has 1 unspecified atom stereocenters. The van der Waals surface area contributed by atoms with Crippen LogP contribution in [0.15, 0.2) is 23.8 Å². The largest absolute Gasteiger partial charge is 0.0773 e. The first kappa shape index (κ1) is 10.6. The van der Waals surface area contributed by atoms with Gasteiger partial charge in [-0.15, -0.1) is 0 Å². The van der Waals surface area contributed by atoms with E-state index in [0.29, 0.717) is 11.3 Å². The van der Waals surface area contributed by atoms with E-state index in [9.17, 15) is 0 Å². The minimum atomic E-state index is 0.336. The van der Waals surface area contributed by atoms with Crippen molar-refractivity contribution in [2.24, 2.45) is 17.3 Å². The van der Waals surface area contributed by atoms with Crippen LogP contribution in [0.1, 0.15) is 41.0 Å². The number of hydrogen-bond donors (Lipinski definition) is 0. The minimum absolute atomic E-state index is 0.336. The first-order valence-electron chi connectivity index (χ1n) is 5.30. The van der Waals surface area contributed by atoms with Crippen molar-refractivity contribution in [2.75, 3.05) is 0 Å². The Morgan fingerprint density at radius 2 is 1.92 bits per heavy atom. The summed E-state index contributed by atoms with van der Waals surface area (Å²) in [6, 6.07) is 0. The predicted molar refractivity (Wildman–Crippen MR) is 59.6 cm³/mol. The van der Waals surface area contributed by atoms with Gasteiger partial charge in [0, 0.05) is 0 Å². The van der Waals surface area contributed by atoms with Crippen LogP contribution in [0.2, 0.25) is 0 Å². The summed E-state index contributed by atoms with van der Waals surface area (Å²) in [5.74, 6) is 1.48. The highest BCUT2D eigenvalue weighted by Crippen LogP contribution is 2.38. The molecule has 0 nitrogen and oxygen atoms in total. The van der Waals surface area contributed by atoms with Gasteiger partial charge < -0.3 is 0 Å². The van der Waals surface area contributed by atoms with Gasteiger partial charge in [-0.3, -0.25) is 0 Å². The van der Waals surface area contributed by atoms with E-state index in [0.717, 1.165) is 5.92 Å². The molecule has 0 bridgehead atoms. The van der Waals surface area contributed by atoms with Gasteiger partial charge in [-0.1, -0.05) is 58.4 Å². The Balaban J connectivity index is 2.68. The monoisotopic (exact) mass is 178 g/mol. The Bertz CT molecular complexity index is 223. The maximum atomic E-state index is 2.35. The summed E-state index contributed by atoms with van der Waals surface area (Å²) >= 11 is 0. The summed E-state index contributed by atoms with van der Waals surface area (Å²) in [6.45, 7) is 11.5. The third-order valence-electron chi connectivity index (χ3n) is 2.61. The Morgan fingerprint density at radius 3 is 2.38 bits per heavy atom. The third-order valence-corrected chi connectivity index (χ3v) is 2.61. The van der Waals surface area contributed by atoms with Crippen LogP contribution in [-0.2, 0) is 0 Å². The summed E-state index contributed by atoms with van der Waals surface area (Å²) in [5.41, 5.74) is 1.93. The molecule has 0 heteroatoms. The lowest BCUT2D eigenvalue weighted by molar-refractivity contribution is 0.416. The van der Waals surface area contributed by atoms with Crippen molar-refractivity contribution in [1.82, 2.24) is 0 Å². The predicted octanol–water partition coefficient (Wildman–Crippen LogP) is 4.19. The van der Waals surface area contributed by atoms with E-state index in [2.05, 4.69) is 52.8 Å². The minimum Gasteiger partial charge on any atom is -0.0773 e. The van der Waals surface area contributed by atoms with Gasteiger partial charge >= 0.3 is 0 Å². The first-order chi connectivity index (χ1) is 5.91. The highest BCUT2D eigenvalue weighted by molar-refractivity contribution is 5.31. The maximum Gasteiger partial charge on any atom is -0.000936 e. The van der Waals surface area contributed by atoms with Crippen molar-refractivity contribution in [2.45, 2.75) is 41.0 Å². The molecule has 0 aromatic rings. The van der Waals surface area contributed by atoms with E-state index in [1.807, 2.05) is 0 Å². The summed E-state index contributed by atoms with van der Waals surface area (Å²) in [7, 11) is 0. The highest BCUT2D eigenvalue weighted by Gasteiger charge is 2.25. The van der Waals surface area contributed by atoms with Crippen LogP contribution < -0.4 is 0 Å². The zero-order chi connectivity index (χ0) is 10.1. The van der Waals surface area contributed by atoms with Gasteiger partial charge in [0.2, 0.25) is 0 Å². The fourth-order valence-electron chi connectivity index (χ4n) is 2.04. The summed E-state index contributed by atoms with van der Waals surface area (Å²) in [5, 5.41) is 0. The third kappa shape index (κ3) is 2.72. The molecule has 1 rings (SSSR count). The molecule has 0 aliphatic heterocycles. The highest BCUT2D eigenvalue weighted by atomic mass is 14.3. The molecule has 13 heavy (non-hydrogen) atoms. The van der Waals surface area contributed by atoms with Crippen molar-refractivity contribution >= 4 is 0 Å². The van der Waals surface area contributed by atoms with Gasteiger partial charge in [0.25, 0.3) is 0 Å². The lowest BCUT2D eigenvalue weighted by Crippen LogP contribution is -2.16. The van der Waals surface area contributed by atoms with Gasteiger partial charge in [0.05, 0.1) is 0 Å². The van der Waals surface area contributed by atoms with Crippen LogP contribution in [0.5, 0.6) is 0 Å². The normalized spacial score (nSPS) is 22.6. The van der Waals surface area contributed by atoms with Crippen molar-refractivity contribution < 1.29 is 0 Å². The smallest absolute Gasteiger partial charge is 0.000936 e. The van der Waals surface area contributed by atoms with Crippen LogP contribution >= 0.6 is 0 Å². The molecule has 0 N–H and O–H groups in total. The lowest BCUT2D eigenvalue weighted by Gasteiger charge is -2.27. The van der Waals surface area contributed by atoms with Crippen molar-refractivity contribution in [1.29, 1.82) is 0 Å². The van der Waals surface area contributed by atoms with Crippen LogP contribution in [0.25, 0.3) is 0 Å². The summed E-state index contributed by atoms with van der Waals surface area (Å²) in [4.78, 5) is 0. The van der Waals surface area contributed by atoms with Crippen LogP contribution in [0.4, 0.5) is 0 Å². The molecule has 1 atom stereocenters. The molecule has 0 amide bonds. The number of rotatable bonds is 2. The fraction of sp³-hybridized carbons (Fsp3) is 0.692. The summed E-state index contributed by atoms with van der Waals surface area (Å²) in [6.07, 6.45) is 8.15. The molecule has 0 spiro atoms. The van der Waals surface area contributed by atoms with Crippen molar-refractivity contribution in [3.63, 3.8) is 0 Å². The van der Waals surface area contributed by atoms with Crippen LogP contribution in [-0.4, -0.2) is 0 Å². The second-order valence-corrected chi connectivity index (χ2v) is 5.49. The molecule has 0 saturated heterocycles. The van der Waals surface area contributed by atoms with Crippen LogP contribution in [0.3, 0.4) is 0 Å². The topological polar surface area (TPSA) is 0 Å². The molecule has 1 aliphatic carbocycles. The second-order valence-electron chi connectivity index (χ2n) is 5.49. The van der Waals surface area contributed by atoms with E-state index in [-0.39, 0.29) is 0 Å². The number of hydrogen-bond acceptors (Lipinski definition) is 0.